The van der Waals surface area contributed by atoms with E-state index in [1.807, 2.05) is 0 Å². The van der Waals surface area contributed by atoms with Gasteiger partial charge in [0, 0.05) is 21.6 Å². The van der Waals surface area contributed by atoms with Crippen LogP contribution in [0.2, 0.25) is 0 Å². The molecule has 2 aromatic rings. The first-order chi connectivity index (χ1) is 6.96. The van der Waals surface area contributed by atoms with Gasteiger partial charge in [-0.2, -0.15) is 0 Å². The van der Waals surface area contributed by atoms with Crippen LogP contribution in [0.3, 0.4) is 0 Å². The molecule has 0 saturated heterocycles. The largest absolute Gasteiger partial charge is 0.464 e. The molecule has 0 saturated carbocycles. The van der Waals surface area contributed by atoms with Crippen molar-refractivity contribution < 1.29 is 17.2 Å². The van der Waals surface area contributed by atoms with E-state index in [2.05, 4.69) is 0 Å². The van der Waals surface area contributed by atoms with Crippen molar-refractivity contribution in [2.75, 3.05) is 0 Å². The van der Waals surface area contributed by atoms with Crippen molar-refractivity contribution >= 4 is 30.7 Å². The lowest BCUT2D eigenvalue weighted by molar-refractivity contribution is 0.598. The fourth-order valence-electron chi connectivity index (χ4n) is 1.41. The molecule has 0 unspecified atom stereocenters. The Morgan fingerprint density at radius 2 is 2.13 bits per heavy atom. The van der Waals surface area contributed by atoms with Gasteiger partial charge in [0.25, 0.3) is 0 Å². The van der Waals surface area contributed by atoms with Crippen molar-refractivity contribution in [2.45, 2.75) is 5.75 Å². The molecule has 0 bridgehead atoms. The van der Waals surface area contributed by atoms with E-state index in [-0.39, 0.29) is 5.56 Å². The van der Waals surface area contributed by atoms with Crippen molar-refractivity contribution in [1.82, 2.24) is 0 Å². The topological polar surface area (TPSA) is 47.3 Å². The predicted octanol–water partition coefficient (Wildman–Crippen LogP) is 2.64. The predicted molar refractivity (Wildman–Crippen MR) is 54.6 cm³/mol. The molecule has 0 fully saturated rings. The number of furan rings is 1. The maximum absolute atomic E-state index is 13.1. The van der Waals surface area contributed by atoms with Crippen LogP contribution in [0.15, 0.2) is 28.9 Å². The smallest absolute Gasteiger partial charge is 0.236 e. The van der Waals surface area contributed by atoms with Crippen molar-refractivity contribution in [3.8, 4) is 0 Å². The maximum atomic E-state index is 13.1. The zero-order valence-corrected chi connectivity index (χ0v) is 8.98. The standard InChI is InChI=1S/C9H6ClFO3S/c10-15(12,13)5-7-4-8(11)3-6-1-2-14-9(6)7/h1-4H,5H2. The van der Waals surface area contributed by atoms with Gasteiger partial charge in [0.15, 0.2) is 0 Å². The molecular weight excluding hydrogens is 243 g/mol. The van der Waals surface area contributed by atoms with Gasteiger partial charge in [-0.1, -0.05) is 0 Å². The third kappa shape index (κ3) is 2.30. The number of fused-ring (bicyclic) bond motifs is 1. The van der Waals surface area contributed by atoms with Gasteiger partial charge < -0.3 is 4.42 Å². The second-order valence-corrected chi connectivity index (χ2v) is 5.86. The molecule has 0 atom stereocenters. The molecule has 1 aromatic heterocycles. The zero-order valence-electron chi connectivity index (χ0n) is 7.41. The zero-order chi connectivity index (χ0) is 11.1. The molecule has 0 N–H and O–H groups in total. The fraction of sp³-hybridized carbons (Fsp3) is 0.111. The Kier molecular flexibility index (Phi) is 2.44. The molecule has 1 heterocycles. The van der Waals surface area contributed by atoms with Crippen molar-refractivity contribution in [3.63, 3.8) is 0 Å². The quantitative estimate of drug-likeness (QED) is 0.768. The SMILES string of the molecule is O=S(=O)(Cl)Cc1cc(F)cc2ccoc12. The summed E-state index contributed by atoms with van der Waals surface area (Å²) in [4.78, 5) is 0. The van der Waals surface area contributed by atoms with Gasteiger partial charge in [0.1, 0.15) is 11.4 Å². The second kappa shape index (κ2) is 3.50. The van der Waals surface area contributed by atoms with Gasteiger partial charge in [0.2, 0.25) is 9.05 Å². The number of hydrogen-bond acceptors (Lipinski definition) is 3. The Hall–Kier alpha value is -1.07. The molecule has 0 amide bonds. The summed E-state index contributed by atoms with van der Waals surface area (Å²) in [5.41, 5.74) is 0.575. The lowest BCUT2D eigenvalue weighted by Gasteiger charge is -1.99. The third-order valence-electron chi connectivity index (χ3n) is 1.92. The van der Waals surface area contributed by atoms with E-state index < -0.39 is 20.6 Å². The first kappa shape index (κ1) is 10.4. The molecule has 1 aromatic carbocycles. The van der Waals surface area contributed by atoms with E-state index >= 15 is 0 Å². The molecule has 0 radical (unpaired) electrons. The highest BCUT2D eigenvalue weighted by Crippen LogP contribution is 2.24. The summed E-state index contributed by atoms with van der Waals surface area (Å²) >= 11 is 0. The second-order valence-electron chi connectivity index (χ2n) is 3.09. The lowest BCUT2D eigenvalue weighted by atomic mass is 10.2. The first-order valence-electron chi connectivity index (χ1n) is 4.04. The molecule has 0 aliphatic rings. The highest BCUT2D eigenvalue weighted by molar-refractivity contribution is 8.13. The van der Waals surface area contributed by atoms with E-state index in [9.17, 15) is 12.8 Å². The van der Waals surface area contributed by atoms with Gasteiger partial charge >= 0.3 is 0 Å². The number of halogens is 2. The van der Waals surface area contributed by atoms with Gasteiger partial charge in [-0.15, -0.1) is 0 Å². The molecule has 80 valence electrons. The molecule has 15 heavy (non-hydrogen) atoms. The van der Waals surface area contributed by atoms with Crippen LogP contribution in [0.4, 0.5) is 4.39 Å². The van der Waals surface area contributed by atoms with Crippen LogP contribution >= 0.6 is 10.7 Å². The highest BCUT2D eigenvalue weighted by Gasteiger charge is 2.13. The summed E-state index contributed by atoms with van der Waals surface area (Å²) in [6.07, 6.45) is 1.37. The van der Waals surface area contributed by atoms with E-state index in [4.69, 9.17) is 15.1 Å². The average Bonchev–Trinajstić information content (AvgIpc) is 2.48. The van der Waals surface area contributed by atoms with E-state index in [0.29, 0.717) is 11.0 Å². The van der Waals surface area contributed by atoms with Crippen LogP contribution < -0.4 is 0 Å². The minimum absolute atomic E-state index is 0.227. The summed E-state index contributed by atoms with van der Waals surface area (Å²) in [5, 5.41) is 0.519. The number of rotatable bonds is 2. The van der Waals surface area contributed by atoms with Crippen LogP contribution in [0.1, 0.15) is 5.56 Å². The minimum Gasteiger partial charge on any atom is -0.464 e. The molecule has 0 spiro atoms. The normalized spacial score (nSPS) is 12.1. The molecule has 2 rings (SSSR count). The Morgan fingerprint density at radius 3 is 2.80 bits per heavy atom. The Balaban J connectivity index is 2.63. The van der Waals surface area contributed by atoms with Crippen LogP contribution in [0.25, 0.3) is 11.0 Å². The molecular formula is C9H6ClFO3S. The first-order valence-corrected chi connectivity index (χ1v) is 6.51. The lowest BCUT2D eigenvalue weighted by Crippen LogP contribution is -1.96. The van der Waals surface area contributed by atoms with Crippen LogP contribution in [-0.2, 0) is 14.8 Å². The molecule has 0 aliphatic carbocycles. The summed E-state index contributed by atoms with van der Waals surface area (Å²) < 4.78 is 39.9. The van der Waals surface area contributed by atoms with E-state index in [0.717, 1.165) is 6.07 Å². The monoisotopic (exact) mass is 248 g/mol. The minimum atomic E-state index is -3.72. The Labute approximate surface area is 89.9 Å². The van der Waals surface area contributed by atoms with Gasteiger partial charge in [0.05, 0.1) is 12.0 Å². The highest BCUT2D eigenvalue weighted by atomic mass is 35.7. The number of hydrogen-bond donors (Lipinski definition) is 0. The summed E-state index contributed by atoms with van der Waals surface area (Å²) in [7, 11) is 1.38. The van der Waals surface area contributed by atoms with Gasteiger partial charge in [-0.25, -0.2) is 12.8 Å². The van der Waals surface area contributed by atoms with E-state index in [1.165, 1.54) is 12.3 Å². The fourth-order valence-corrected chi connectivity index (χ4v) is 2.35. The molecule has 3 nitrogen and oxygen atoms in total. The average molecular weight is 249 g/mol. The number of benzene rings is 1. The van der Waals surface area contributed by atoms with Gasteiger partial charge in [-0.3, -0.25) is 0 Å². The third-order valence-corrected chi connectivity index (χ3v) is 2.90. The molecule has 0 aliphatic heterocycles. The van der Waals surface area contributed by atoms with E-state index in [1.54, 1.807) is 6.07 Å². The van der Waals surface area contributed by atoms with Crippen LogP contribution in [0, 0.1) is 5.82 Å². The molecule has 6 heteroatoms. The van der Waals surface area contributed by atoms with Crippen molar-refractivity contribution in [3.05, 3.63) is 35.8 Å². The summed E-state index contributed by atoms with van der Waals surface area (Å²) in [6.45, 7) is 0. The summed E-state index contributed by atoms with van der Waals surface area (Å²) in [6, 6.07) is 3.93. The van der Waals surface area contributed by atoms with Crippen LogP contribution in [-0.4, -0.2) is 8.42 Å². The Morgan fingerprint density at radius 1 is 1.40 bits per heavy atom. The Bertz CT molecular complexity index is 603. The van der Waals surface area contributed by atoms with Crippen molar-refractivity contribution in [1.29, 1.82) is 0 Å². The maximum Gasteiger partial charge on any atom is 0.236 e. The summed E-state index contributed by atoms with van der Waals surface area (Å²) in [5.74, 6) is -0.963. The van der Waals surface area contributed by atoms with Crippen LogP contribution in [0.5, 0.6) is 0 Å². The van der Waals surface area contributed by atoms with Crippen molar-refractivity contribution in [2.24, 2.45) is 0 Å². The van der Waals surface area contributed by atoms with Gasteiger partial charge in [-0.05, 0) is 18.2 Å².